The van der Waals surface area contributed by atoms with Crippen LogP contribution in [0.5, 0.6) is 5.88 Å². The number of aromatic nitrogens is 2. The summed E-state index contributed by atoms with van der Waals surface area (Å²) in [6.07, 6.45) is 3.74. The van der Waals surface area contributed by atoms with E-state index in [-0.39, 0.29) is 6.10 Å². The summed E-state index contributed by atoms with van der Waals surface area (Å²) in [5, 5.41) is 0.391. The monoisotopic (exact) mass is 214 g/mol. The highest BCUT2D eigenvalue weighted by Gasteiger charge is 2.16. The summed E-state index contributed by atoms with van der Waals surface area (Å²) < 4.78 is 10.8. The van der Waals surface area contributed by atoms with Gasteiger partial charge in [-0.1, -0.05) is 11.6 Å². The van der Waals surface area contributed by atoms with E-state index in [0.29, 0.717) is 17.6 Å². The van der Waals surface area contributed by atoms with Crippen LogP contribution >= 0.6 is 11.6 Å². The van der Waals surface area contributed by atoms with Gasteiger partial charge in [-0.25, -0.2) is 9.97 Å². The standard InChI is InChI=1S/C9H11ClN2O2/c10-8-4-9(12-6-11-8)14-5-7-2-1-3-13-7/h4,6-7H,1-3,5H2. The Hall–Kier alpha value is -0.870. The van der Waals surface area contributed by atoms with Gasteiger partial charge in [0.05, 0.1) is 6.10 Å². The van der Waals surface area contributed by atoms with E-state index >= 15 is 0 Å². The number of halogens is 1. The summed E-state index contributed by atoms with van der Waals surface area (Å²) in [4.78, 5) is 7.69. The molecule has 1 unspecified atom stereocenters. The van der Waals surface area contributed by atoms with Crippen LogP contribution in [0.25, 0.3) is 0 Å². The van der Waals surface area contributed by atoms with E-state index in [1.54, 1.807) is 6.07 Å². The van der Waals surface area contributed by atoms with E-state index in [9.17, 15) is 0 Å². The molecule has 1 atom stereocenters. The maximum atomic E-state index is 5.68. The highest BCUT2D eigenvalue weighted by Crippen LogP contribution is 2.15. The van der Waals surface area contributed by atoms with Crippen molar-refractivity contribution in [1.82, 2.24) is 9.97 Å². The quantitative estimate of drug-likeness (QED) is 0.719. The molecule has 4 nitrogen and oxygen atoms in total. The van der Waals surface area contributed by atoms with E-state index in [1.165, 1.54) is 6.33 Å². The Labute approximate surface area is 87.2 Å². The van der Waals surface area contributed by atoms with Crippen LogP contribution in [-0.4, -0.2) is 29.3 Å². The van der Waals surface area contributed by atoms with Crippen molar-refractivity contribution < 1.29 is 9.47 Å². The molecule has 1 aliphatic rings. The molecule has 14 heavy (non-hydrogen) atoms. The molecule has 0 bridgehead atoms. The third-order valence-electron chi connectivity index (χ3n) is 2.05. The largest absolute Gasteiger partial charge is 0.475 e. The van der Waals surface area contributed by atoms with Crippen molar-refractivity contribution in [2.24, 2.45) is 0 Å². The summed E-state index contributed by atoms with van der Waals surface area (Å²) >= 11 is 5.68. The van der Waals surface area contributed by atoms with Gasteiger partial charge in [0.25, 0.3) is 0 Å². The highest BCUT2D eigenvalue weighted by molar-refractivity contribution is 6.29. The van der Waals surface area contributed by atoms with Crippen molar-refractivity contribution >= 4 is 11.6 Å². The van der Waals surface area contributed by atoms with E-state index in [4.69, 9.17) is 21.1 Å². The fourth-order valence-corrected chi connectivity index (χ4v) is 1.49. The van der Waals surface area contributed by atoms with Crippen LogP contribution in [0.1, 0.15) is 12.8 Å². The first-order chi connectivity index (χ1) is 6.84. The number of ether oxygens (including phenoxy) is 2. The molecule has 1 fully saturated rings. The molecule has 0 N–H and O–H groups in total. The normalized spacial score (nSPS) is 21.1. The van der Waals surface area contributed by atoms with E-state index in [2.05, 4.69) is 9.97 Å². The van der Waals surface area contributed by atoms with Crippen molar-refractivity contribution in [3.63, 3.8) is 0 Å². The van der Waals surface area contributed by atoms with Gasteiger partial charge in [0, 0.05) is 12.7 Å². The molecule has 1 aromatic rings. The zero-order chi connectivity index (χ0) is 9.80. The summed E-state index contributed by atoms with van der Waals surface area (Å²) in [7, 11) is 0. The molecule has 0 saturated carbocycles. The lowest BCUT2D eigenvalue weighted by molar-refractivity contribution is 0.0663. The molecule has 76 valence electrons. The van der Waals surface area contributed by atoms with Gasteiger partial charge >= 0.3 is 0 Å². The number of nitrogens with zero attached hydrogens (tertiary/aromatic N) is 2. The van der Waals surface area contributed by atoms with Gasteiger partial charge in [0.1, 0.15) is 18.1 Å². The number of hydrogen-bond donors (Lipinski definition) is 0. The molecular formula is C9H11ClN2O2. The number of hydrogen-bond acceptors (Lipinski definition) is 4. The van der Waals surface area contributed by atoms with Crippen molar-refractivity contribution in [3.05, 3.63) is 17.5 Å². The first kappa shape index (κ1) is 9.68. The predicted molar refractivity (Wildman–Crippen MR) is 51.5 cm³/mol. The molecule has 2 heterocycles. The molecular weight excluding hydrogens is 204 g/mol. The average Bonchev–Trinajstić information content (AvgIpc) is 2.67. The van der Waals surface area contributed by atoms with Gasteiger partial charge in [0.15, 0.2) is 0 Å². The predicted octanol–water partition coefficient (Wildman–Crippen LogP) is 1.69. The van der Waals surface area contributed by atoms with Crippen molar-refractivity contribution in [3.8, 4) is 5.88 Å². The smallest absolute Gasteiger partial charge is 0.217 e. The Kier molecular flexibility index (Phi) is 3.16. The SMILES string of the molecule is Clc1cc(OCC2CCCO2)ncn1. The zero-order valence-corrected chi connectivity index (χ0v) is 8.41. The second-order valence-electron chi connectivity index (χ2n) is 3.13. The van der Waals surface area contributed by atoms with Crippen LogP contribution in [0.4, 0.5) is 0 Å². The third kappa shape index (κ3) is 2.56. The second kappa shape index (κ2) is 4.57. The minimum absolute atomic E-state index is 0.198. The molecule has 0 spiro atoms. The average molecular weight is 215 g/mol. The Morgan fingerprint density at radius 2 is 2.50 bits per heavy atom. The van der Waals surface area contributed by atoms with Gasteiger partial charge in [-0.15, -0.1) is 0 Å². The Bertz CT molecular complexity index is 303. The van der Waals surface area contributed by atoms with Crippen LogP contribution in [0.3, 0.4) is 0 Å². The van der Waals surface area contributed by atoms with Gasteiger partial charge < -0.3 is 9.47 Å². The molecule has 2 rings (SSSR count). The van der Waals surface area contributed by atoms with Crippen LogP contribution in [0.15, 0.2) is 12.4 Å². The molecule has 1 saturated heterocycles. The lowest BCUT2D eigenvalue weighted by Crippen LogP contribution is -2.16. The zero-order valence-electron chi connectivity index (χ0n) is 7.65. The van der Waals surface area contributed by atoms with Crippen molar-refractivity contribution in [2.75, 3.05) is 13.2 Å². The maximum Gasteiger partial charge on any atom is 0.217 e. The van der Waals surface area contributed by atoms with E-state index < -0.39 is 0 Å². The third-order valence-corrected chi connectivity index (χ3v) is 2.26. The van der Waals surface area contributed by atoms with E-state index in [1.807, 2.05) is 0 Å². The fraction of sp³-hybridized carbons (Fsp3) is 0.556. The summed E-state index contributed by atoms with van der Waals surface area (Å²) in [6.45, 7) is 1.37. The Balaban J connectivity index is 1.85. The van der Waals surface area contributed by atoms with Crippen LogP contribution in [0, 0.1) is 0 Å². The highest BCUT2D eigenvalue weighted by atomic mass is 35.5. The van der Waals surface area contributed by atoms with Crippen LogP contribution < -0.4 is 4.74 Å². The molecule has 1 aliphatic heterocycles. The summed E-state index contributed by atoms with van der Waals surface area (Å²) in [6, 6.07) is 1.59. The fourth-order valence-electron chi connectivity index (χ4n) is 1.35. The molecule has 0 aromatic carbocycles. The lowest BCUT2D eigenvalue weighted by Gasteiger charge is -2.10. The molecule has 1 aromatic heterocycles. The topological polar surface area (TPSA) is 44.2 Å². The Morgan fingerprint density at radius 3 is 3.21 bits per heavy atom. The maximum absolute atomic E-state index is 5.68. The minimum atomic E-state index is 0.198. The summed E-state index contributed by atoms with van der Waals surface area (Å²) in [5.41, 5.74) is 0. The van der Waals surface area contributed by atoms with Gasteiger partial charge in [0.2, 0.25) is 5.88 Å². The van der Waals surface area contributed by atoms with Crippen molar-refractivity contribution in [2.45, 2.75) is 18.9 Å². The molecule has 0 radical (unpaired) electrons. The minimum Gasteiger partial charge on any atom is -0.475 e. The molecule has 0 amide bonds. The Morgan fingerprint density at radius 1 is 1.57 bits per heavy atom. The van der Waals surface area contributed by atoms with Crippen molar-refractivity contribution in [1.29, 1.82) is 0 Å². The molecule has 5 heteroatoms. The van der Waals surface area contributed by atoms with Gasteiger partial charge in [-0.05, 0) is 12.8 Å². The van der Waals surface area contributed by atoms with Crippen LogP contribution in [-0.2, 0) is 4.74 Å². The molecule has 0 aliphatic carbocycles. The summed E-state index contributed by atoms with van der Waals surface area (Å²) in [5.74, 6) is 0.500. The van der Waals surface area contributed by atoms with E-state index in [0.717, 1.165) is 19.4 Å². The first-order valence-corrected chi connectivity index (χ1v) is 4.94. The second-order valence-corrected chi connectivity index (χ2v) is 3.51. The first-order valence-electron chi connectivity index (χ1n) is 4.56. The van der Waals surface area contributed by atoms with Gasteiger partial charge in [-0.2, -0.15) is 0 Å². The number of rotatable bonds is 3. The van der Waals surface area contributed by atoms with Gasteiger partial charge in [-0.3, -0.25) is 0 Å². The van der Waals surface area contributed by atoms with Crippen LogP contribution in [0.2, 0.25) is 5.15 Å². The lowest BCUT2D eigenvalue weighted by atomic mass is 10.2.